The second-order valence-electron chi connectivity index (χ2n) is 2.59. The highest BCUT2D eigenvalue weighted by Gasteiger charge is 2.19. The van der Waals surface area contributed by atoms with Gasteiger partial charge in [0.1, 0.15) is 0 Å². The summed E-state index contributed by atoms with van der Waals surface area (Å²) in [5.74, 6) is 3.01. The summed E-state index contributed by atoms with van der Waals surface area (Å²) in [5.41, 5.74) is 1.95. The molecule has 12 heavy (non-hydrogen) atoms. The summed E-state index contributed by atoms with van der Waals surface area (Å²) in [5, 5.41) is 8.43. The Balaban J connectivity index is 4.02. The maximum Gasteiger partial charge on any atom is 0.304 e. The minimum absolute atomic E-state index is 0.156. The Morgan fingerprint density at radius 1 is 1.58 bits per heavy atom. The summed E-state index contributed by atoms with van der Waals surface area (Å²) in [6, 6.07) is 0. The third-order valence-corrected chi connectivity index (χ3v) is 1.57. The number of rotatable bonds is 5. The number of nitrogens with two attached hydrogens (primary N) is 1. The van der Waals surface area contributed by atoms with Crippen molar-refractivity contribution in [2.24, 2.45) is 11.8 Å². The summed E-state index contributed by atoms with van der Waals surface area (Å²) in [7, 11) is 0. The van der Waals surface area contributed by atoms with Gasteiger partial charge in [-0.25, -0.2) is 5.84 Å². The van der Waals surface area contributed by atoms with Crippen molar-refractivity contribution in [1.29, 1.82) is 0 Å². The van der Waals surface area contributed by atoms with Crippen LogP contribution >= 0.6 is 0 Å². The van der Waals surface area contributed by atoms with Gasteiger partial charge in [-0.15, -0.1) is 0 Å². The number of hydrogen-bond donors (Lipinski definition) is 3. The molecule has 1 amide bonds. The van der Waals surface area contributed by atoms with Gasteiger partial charge in [0.25, 0.3) is 0 Å². The molecule has 1 unspecified atom stereocenters. The molecule has 0 aliphatic carbocycles. The molecule has 0 radical (unpaired) electrons. The first-order valence-electron chi connectivity index (χ1n) is 3.84. The van der Waals surface area contributed by atoms with E-state index in [1.165, 1.54) is 0 Å². The van der Waals surface area contributed by atoms with Gasteiger partial charge < -0.3 is 5.11 Å². The highest BCUT2D eigenvalue weighted by atomic mass is 16.4. The van der Waals surface area contributed by atoms with Crippen molar-refractivity contribution in [1.82, 2.24) is 5.43 Å². The van der Waals surface area contributed by atoms with Crippen LogP contribution in [0.5, 0.6) is 0 Å². The van der Waals surface area contributed by atoms with Crippen molar-refractivity contribution in [2.75, 3.05) is 0 Å². The number of amides is 1. The molecular formula is C7H14N2O3. The van der Waals surface area contributed by atoms with E-state index in [4.69, 9.17) is 10.9 Å². The van der Waals surface area contributed by atoms with E-state index in [1.54, 1.807) is 0 Å². The Kier molecular flexibility index (Phi) is 5.03. The predicted molar refractivity (Wildman–Crippen MR) is 43.0 cm³/mol. The van der Waals surface area contributed by atoms with Crippen LogP contribution in [0.15, 0.2) is 0 Å². The molecule has 0 heterocycles. The summed E-state index contributed by atoms with van der Waals surface area (Å²) in [6.07, 6.45) is 1.16. The van der Waals surface area contributed by atoms with E-state index in [9.17, 15) is 9.59 Å². The van der Waals surface area contributed by atoms with Gasteiger partial charge in [0, 0.05) is 5.92 Å². The SMILES string of the molecule is CCCC(CC(=O)O)C(=O)NN. The molecule has 0 rings (SSSR count). The summed E-state index contributed by atoms with van der Waals surface area (Å²) < 4.78 is 0. The van der Waals surface area contributed by atoms with Gasteiger partial charge in [0.2, 0.25) is 5.91 Å². The third kappa shape index (κ3) is 3.92. The van der Waals surface area contributed by atoms with Crippen LogP contribution in [0.4, 0.5) is 0 Å². The number of carboxylic acid groups (broad SMARTS) is 1. The fraction of sp³-hybridized carbons (Fsp3) is 0.714. The molecule has 5 nitrogen and oxygen atoms in total. The van der Waals surface area contributed by atoms with Gasteiger partial charge in [0.15, 0.2) is 0 Å². The van der Waals surface area contributed by atoms with E-state index in [1.807, 2.05) is 12.3 Å². The highest BCUT2D eigenvalue weighted by Crippen LogP contribution is 2.10. The third-order valence-electron chi connectivity index (χ3n) is 1.57. The number of aliphatic carboxylic acids is 1. The molecule has 0 bridgehead atoms. The number of carbonyl (C=O) groups excluding carboxylic acids is 1. The van der Waals surface area contributed by atoms with Gasteiger partial charge in [0.05, 0.1) is 6.42 Å². The molecule has 5 heteroatoms. The Bertz CT molecular complexity index is 170. The van der Waals surface area contributed by atoms with Crippen molar-refractivity contribution in [3.63, 3.8) is 0 Å². The summed E-state index contributed by atoms with van der Waals surface area (Å²) in [4.78, 5) is 21.2. The average Bonchev–Trinajstić information content (AvgIpc) is 2.01. The number of hydrogen-bond acceptors (Lipinski definition) is 3. The topological polar surface area (TPSA) is 92.4 Å². The zero-order chi connectivity index (χ0) is 9.56. The van der Waals surface area contributed by atoms with Crippen LogP contribution in [0.1, 0.15) is 26.2 Å². The van der Waals surface area contributed by atoms with E-state index in [2.05, 4.69) is 0 Å². The van der Waals surface area contributed by atoms with E-state index < -0.39 is 17.8 Å². The van der Waals surface area contributed by atoms with Crippen LogP contribution in [0.25, 0.3) is 0 Å². The van der Waals surface area contributed by atoms with Gasteiger partial charge in [-0.05, 0) is 6.42 Å². The number of carboxylic acids is 1. The number of carbonyl (C=O) groups is 2. The van der Waals surface area contributed by atoms with Crippen LogP contribution in [0.3, 0.4) is 0 Å². The van der Waals surface area contributed by atoms with Crippen LogP contribution in [-0.2, 0) is 9.59 Å². The van der Waals surface area contributed by atoms with Crippen LogP contribution in [0.2, 0.25) is 0 Å². The first kappa shape index (κ1) is 10.9. The molecule has 0 saturated heterocycles. The summed E-state index contributed by atoms with van der Waals surface area (Å²) >= 11 is 0. The molecule has 0 fully saturated rings. The standard InChI is InChI=1S/C7H14N2O3/c1-2-3-5(4-6(10)11)7(12)9-8/h5H,2-4,8H2,1H3,(H,9,12)(H,10,11). The van der Waals surface area contributed by atoms with Crippen molar-refractivity contribution in [2.45, 2.75) is 26.2 Å². The zero-order valence-corrected chi connectivity index (χ0v) is 7.04. The number of nitrogens with one attached hydrogen (secondary N) is 1. The molecule has 0 spiro atoms. The van der Waals surface area contributed by atoms with Gasteiger partial charge in [-0.1, -0.05) is 13.3 Å². The lowest BCUT2D eigenvalue weighted by molar-refractivity contribution is -0.141. The molecular weight excluding hydrogens is 160 g/mol. The second-order valence-corrected chi connectivity index (χ2v) is 2.59. The Morgan fingerprint density at radius 3 is 2.50 bits per heavy atom. The predicted octanol–water partition coefficient (Wildman–Crippen LogP) is -0.133. The minimum Gasteiger partial charge on any atom is -0.481 e. The highest BCUT2D eigenvalue weighted by molar-refractivity contribution is 5.82. The van der Waals surface area contributed by atoms with E-state index in [0.29, 0.717) is 6.42 Å². The van der Waals surface area contributed by atoms with Gasteiger partial charge >= 0.3 is 5.97 Å². The van der Waals surface area contributed by atoms with E-state index in [-0.39, 0.29) is 6.42 Å². The lowest BCUT2D eigenvalue weighted by Gasteiger charge is -2.10. The van der Waals surface area contributed by atoms with Crippen LogP contribution in [0, 0.1) is 5.92 Å². The van der Waals surface area contributed by atoms with E-state index in [0.717, 1.165) is 6.42 Å². The fourth-order valence-electron chi connectivity index (χ4n) is 1.00. The lowest BCUT2D eigenvalue weighted by Crippen LogP contribution is -2.36. The molecule has 0 saturated carbocycles. The number of hydrazine groups is 1. The maximum absolute atomic E-state index is 10.9. The van der Waals surface area contributed by atoms with Crippen molar-refractivity contribution in [3.8, 4) is 0 Å². The first-order chi connectivity index (χ1) is 5.61. The Morgan fingerprint density at radius 2 is 2.17 bits per heavy atom. The molecule has 0 aromatic rings. The van der Waals surface area contributed by atoms with Crippen molar-refractivity contribution < 1.29 is 14.7 Å². The van der Waals surface area contributed by atoms with Crippen LogP contribution < -0.4 is 11.3 Å². The molecule has 0 aliphatic rings. The average molecular weight is 174 g/mol. The summed E-state index contributed by atoms with van der Waals surface area (Å²) in [6.45, 7) is 1.89. The second kappa shape index (κ2) is 5.54. The molecule has 4 N–H and O–H groups in total. The van der Waals surface area contributed by atoms with Crippen molar-refractivity contribution >= 4 is 11.9 Å². The van der Waals surface area contributed by atoms with Crippen LogP contribution in [-0.4, -0.2) is 17.0 Å². The van der Waals surface area contributed by atoms with Gasteiger partial charge in [-0.3, -0.25) is 15.0 Å². The van der Waals surface area contributed by atoms with Crippen molar-refractivity contribution in [3.05, 3.63) is 0 Å². The molecule has 0 aliphatic heterocycles. The van der Waals surface area contributed by atoms with Gasteiger partial charge in [-0.2, -0.15) is 0 Å². The lowest BCUT2D eigenvalue weighted by atomic mass is 9.99. The largest absolute Gasteiger partial charge is 0.481 e. The monoisotopic (exact) mass is 174 g/mol. The Labute approximate surface area is 70.9 Å². The molecule has 1 atom stereocenters. The molecule has 70 valence electrons. The fourth-order valence-corrected chi connectivity index (χ4v) is 1.00. The molecule has 0 aromatic heterocycles. The minimum atomic E-state index is -0.975. The van der Waals surface area contributed by atoms with E-state index >= 15 is 0 Å². The normalized spacial score (nSPS) is 12.2. The maximum atomic E-state index is 10.9. The smallest absolute Gasteiger partial charge is 0.304 e. The quantitative estimate of drug-likeness (QED) is 0.307. The first-order valence-corrected chi connectivity index (χ1v) is 3.84. The zero-order valence-electron chi connectivity index (χ0n) is 7.04. The molecule has 0 aromatic carbocycles. The Hall–Kier alpha value is -1.10.